The number of benzene rings is 2. The number of halogens is 1. The lowest BCUT2D eigenvalue weighted by molar-refractivity contribution is -0.384. The highest BCUT2D eigenvalue weighted by molar-refractivity contribution is 7.98. The predicted molar refractivity (Wildman–Crippen MR) is 159 cm³/mol. The van der Waals surface area contributed by atoms with Crippen LogP contribution in [0.3, 0.4) is 0 Å². The average Bonchev–Trinajstić information content (AvgIpc) is 3.51. The fraction of sp³-hybridized carbons (Fsp3) is 0.207. The largest absolute Gasteiger partial charge is 0.459 e. The smallest absolute Gasteiger partial charge is 0.338 e. The van der Waals surface area contributed by atoms with Gasteiger partial charge in [-0.1, -0.05) is 35.1 Å². The van der Waals surface area contributed by atoms with Gasteiger partial charge in [0, 0.05) is 28.7 Å². The number of thiazole rings is 1. The Hall–Kier alpha value is -3.93. The number of nitro benzene ring substituents is 1. The molecule has 0 fully saturated rings. The molecule has 1 aliphatic heterocycles. The molecule has 5 rings (SSSR count). The van der Waals surface area contributed by atoms with Crippen molar-refractivity contribution in [2.75, 3.05) is 6.26 Å². The van der Waals surface area contributed by atoms with Crippen LogP contribution in [-0.2, 0) is 9.53 Å². The second-order valence-corrected chi connectivity index (χ2v) is 11.7. The number of non-ortho nitro benzene ring substituents is 1. The van der Waals surface area contributed by atoms with Crippen molar-refractivity contribution in [1.29, 1.82) is 0 Å². The van der Waals surface area contributed by atoms with Gasteiger partial charge in [0.1, 0.15) is 11.5 Å². The van der Waals surface area contributed by atoms with Crippen LogP contribution in [0.1, 0.15) is 38.1 Å². The van der Waals surface area contributed by atoms with E-state index in [0.29, 0.717) is 42.7 Å². The van der Waals surface area contributed by atoms with Crippen molar-refractivity contribution in [1.82, 2.24) is 4.57 Å². The molecule has 0 spiro atoms. The van der Waals surface area contributed by atoms with Crippen LogP contribution < -0.4 is 14.9 Å². The molecule has 4 aromatic rings. The summed E-state index contributed by atoms with van der Waals surface area (Å²) in [6.07, 6.45) is 3.21. The lowest BCUT2D eigenvalue weighted by Gasteiger charge is -2.25. The minimum Gasteiger partial charge on any atom is -0.459 e. The van der Waals surface area contributed by atoms with Crippen LogP contribution in [0.25, 0.3) is 17.4 Å². The molecule has 0 amide bonds. The van der Waals surface area contributed by atoms with Gasteiger partial charge in [0.25, 0.3) is 11.2 Å². The molecule has 210 valence electrons. The maximum absolute atomic E-state index is 13.8. The highest BCUT2D eigenvalue weighted by Crippen LogP contribution is 2.34. The molecule has 3 heterocycles. The quantitative estimate of drug-likeness (QED) is 0.114. The van der Waals surface area contributed by atoms with Gasteiger partial charge in [-0.15, -0.1) is 11.8 Å². The number of furan rings is 1. The summed E-state index contributed by atoms with van der Waals surface area (Å²) in [6, 6.07) is 14.3. The summed E-state index contributed by atoms with van der Waals surface area (Å²) < 4.78 is 13.3. The van der Waals surface area contributed by atoms with Crippen LogP contribution in [-0.4, -0.2) is 27.8 Å². The van der Waals surface area contributed by atoms with Crippen LogP contribution >= 0.6 is 34.7 Å². The van der Waals surface area contributed by atoms with E-state index in [4.69, 9.17) is 20.8 Å². The number of aromatic nitrogens is 1. The van der Waals surface area contributed by atoms with Crippen LogP contribution in [0.5, 0.6) is 0 Å². The topological polar surface area (TPSA) is 117 Å². The standard InChI is InChI=1S/C29H24ClN3O6S2/c1-15(2)38-28(35)25-16(3)31-29-32(26(25)17-5-9-20(40-4)10-6-17)27(34)24(41-29)14-19-8-12-23(39-19)21-13-18(33(36)37)7-11-22(21)30/h5-15,26H,1-4H3/b24-14-/t26-/m1/s1. The molecule has 0 N–H and O–H groups in total. The number of nitro groups is 1. The molecule has 2 aromatic carbocycles. The minimum absolute atomic E-state index is 0.122. The highest BCUT2D eigenvalue weighted by Gasteiger charge is 2.33. The van der Waals surface area contributed by atoms with Crippen molar-refractivity contribution in [2.45, 2.75) is 37.8 Å². The maximum Gasteiger partial charge on any atom is 0.338 e. The van der Waals surface area contributed by atoms with Gasteiger partial charge >= 0.3 is 5.97 Å². The molecule has 0 radical (unpaired) electrons. The number of ether oxygens (including phenoxy) is 1. The van der Waals surface area contributed by atoms with E-state index in [0.717, 1.165) is 10.5 Å². The van der Waals surface area contributed by atoms with Gasteiger partial charge in [-0.3, -0.25) is 19.5 Å². The van der Waals surface area contributed by atoms with E-state index < -0.39 is 16.9 Å². The van der Waals surface area contributed by atoms with Gasteiger partial charge in [-0.25, -0.2) is 9.79 Å². The monoisotopic (exact) mass is 609 g/mol. The lowest BCUT2D eigenvalue weighted by atomic mass is 9.96. The summed E-state index contributed by atoms with van der Waals surface area (Å²) in [5.74, 6) is 0.141. The number of hydrogen-bond donors (Lipinski definition) is 0. The Morgan fingerprint density at radius 2 is 1.95 bits per heavy atom. The zero-order valence-electron chi connectivity index (χ0n) is 22.4. The molecule has 0 saturated heterocycles. The average molecular weight is 610 g/mol. The van der Waals surface area contributed by atoms with Gasteiger partial charge < -0.3 is 9.15 Å². The molecule has 0 bridgehead atoms. The Labute approximate surface area is 247 Å². The molecular weight excluding hydrogens is 586 g/mol. The number of thioether (sulfide) groups is 1. The number of rotatable bonds is 7. The van der Waals surface area contributed by atoms with Crippen molar-refractivity contribution in [2.24, 2.45) is 4.99 Å². The van der Waals surface area contributed by atoms with E-state index in [1.54, 1.807) is 50.7 Å². The van der Waals surface area contributed by atoms with Gasteiger partial charge in [0.05, 0.1) is 37.9 Å². The second kappa shape index (κ2) is 11.5. The Kier molecular flexibility index (Phi) is 8.03. The zero-order valence-corrected chi connectivity index (χ0v) is 24.8. The fourth-order valence-electron chi connectivity index (χ4n) is 4.48. The minimum atomic E-state index is -0.730. The third-order valence-electron chi connectivity index (χ3n) is 6.34. The van der Waals surface area contributed by atoms with E-state index >= 15 is 0 Å². The van der Waals surface area contributed by atoms with E-state index in [1.807, 2.05) is 30.5 Å². The van der Waals surface area contributed by atoms with Gasteiger partial charge in [-0.2, -0.15) is 0 Å². The number of hydrogen-bond acceptors (Lipinski definition) is 9. The van der Waals surface area contributed by atoms with Crippen molar-refractivity contribution in [3.05, 3.63) is 112 Å². The first-order chi connectivity index (χ1) is 19.6. The zero-order chi connectivity index (χ0) is 29.4. The summed E-state index contributed by atoms with van der Waals surface area (Å²) in [6.45, 7) is 5.27. The first-order valence-corrected chi connectivity index (χ1v) is 14.9. The Bertz CT molecular complexity index is 1890. The SMILES string of the molecule is CSc1ccc([C@@H]2C(C(=O)OC(C)C)=C(C)N=c3s/c(=C\c4ccc(-c5cc([N+](=O)[O-])ccc5Cl)o4)c(=O)n32)cc1. The molecule has 41 heavy (non-hydrogen) atoms. The molecule has 0 aliphatic carbocycles. The Balaban J connectivity index is 1.62. The summed E-state index contributed by atoms with van der Waals surface area (Å²) in [5, 5.41) is 11.5. The molecule has 2 aromatic heterocycles. The summed E-state index contributed by atoms with van der Waals surface area (Å²) in [7, 11) is 0. The van der Waals surface area contributed by atoms with Crippen LogP contribution in [0.2, 0.25) is 5.02 Å². The highest BCUT2D eigenvalue weighted by atomic mass is 35.5. The van der Waals surface area contributed by atoms with Gasteiger partial charge in [0.2, 0.25) is 0 Å². The second-order valence-electron chi connectivity index (χ2n) is 9.43. The number of carbonyl (C=O) groups excluding carboxylic acids is 1. The molecule has 0 saturated carbocycles. The maximum atomic E-state index is 13.8. The molecule has 0 unspecified atom stereocenters. The number of fused-ring (bicyclic) bond motifs is 1. The third kappa shape index (κ3) is 5.65. The van der Waals surface area contributed by atoms with Crippen molar-refractivity contribution in [3.63, 3.8) is 0 Å². The Morgan fingerprint density at radius 3 is 2.61 bits per heavy atom. The first-order valence-electron chi connectivity index (χ1n) is 12.5. The number of carbonyl (C=O) groups is 1. The third-order valence-corrected chi connectivity index (χ3v) is 8.40. The van der Waals surface area contributed by atoms with Crippen molar-refractivity contribution in [3.8, 4) is 11.3 Å². The lowest BCUT2D eigenvalue weighted by Crippen LogP contribution is -2.40. The molecular formula is C29H24ClN3O6S2. The summed E-state index contributed by atoms with van der Waals surface area (Å²) in [5.41, 5.74) is 1.42. The van der Waals surface area contributed by atoms with E-state index in [1.165, 1.54) is 34.1 Å². The first kappa shape index (κ1) is 28.6. The van der Waals surface area contributed by atoms with Crippen LogP contribution in [0, 0.1) is 10.1 Å². The van der Waals surface area contributed by atoms with Crippen molar-refractivity contribution < 1.29 is 18.9 Å². The molecule has 1 atom stereocenters. The Morgan fingerprint density at radius 1 is 1.22 bits per heavy atom. The number of nitrogens with zero attached hydrogens (tertiary/aromatic N) is 3. The summed E-state index contributed by atoms with van der Waals surface area (Å²) in [4.78, 5) is 43.9. The van der Waals surface area contributed by atoms with Crippen LogP contribution in [0.4, 0.5) is 5.69 Å². The van der Waals surface area contributed by atoms with Crippen LogP contribution in [0.15, 0.2) is 85.0 Å². The normalized spacial score (nSPS) is 15.2. The van der Waals surface area contributed by atoms with E-state index in [9.17, 15) is 19.7 Å². The molecule has 1 aliphatic rings. The van der Waals surface area contributed by atoms with Gasteiger partial charge in [-0.05, 0) is 62.9 Å². The van der Waals surface area contributed by atoms with E-state index in [-0.39, 0.29) is 17.4 Å². The predicted octanol–water partition coefficient (Wildman–Crippen LogP) is 5.73. The molecule has 12 heteroatoms. The molecule has 9 nitrogen and oxygen atoms in total. The number of allylic oxidation sites excluding steroid dienone is 1. The summed E-state index contributed by atoms with van der Waals surface area (Å²) >= 11 is 9.04. The van der Waals surface area contributed by atoms with Crippen molar-refractivity contribution >= 4 is 52.4 Å². The number of esters is 1. The van der Waals surface area contributed by atoms with E-state index in [2.05, 4.69) is 4.99 Å². The van der Waals surface area contributed by atoms with Gasteiger partial charge in [0.15, 0.2) is 4.80 Å². The fourth-order valence-corrected chi connectivity index (χ4v) is 6.13.